The largest absolute Gasteiger partial charge is 0.455 e. The molecule has 0 radical (unpaired) electrons. The van der Waals surface area contributed by atoms with Gasteiger partial charge in [0.15, 0.2) is 0 Å². The summed E-state index contributed by atoms with van der Waals surface area (Å²) in [4.78, 5) is 23.4. The van der Waals surface area contributed by atoms with Gasteiger partial charge in [-0.25, -0.2) is 4.79 Å². The number of ether oxygens (including phenoxy) is 1. The minimum atomic E-state index is -0.355. The van der Waals surface area contributed by atoms with Crippen LogP contribution < -0.4 is 5.56 Å². The van der Waals surface area contributed by atoms with Gasteiger partial charge in [0.25, 0.3) is 5.56 Å². The summed E-state index contributed by atoms with van der Waals surface area (Å²) in [6.07, 6.45) is 5.89. The van der Waals surface area contributed by atoms with E-state index in [1.54, 1.807) is 19.3 Å². The van der Waals surface area contributed by atoms with E-state index in [2.05, 4.69) is 0 Å². The Morgan fingerprint density at radius 3 is 2.71 bits per heavy atom. The van der Waals surface area contributed by atoms with Crippen LogP contribution in [0.4, 0.5) is 0 Å². The number of carbonyl (C=O) groups is 1. The molecule has 1 heterocycles. The first kappa shape index (κ1) is 10.6. The second kappa shape index (κ2) is 3.45. The van der Waals surface area contributed by atoms with Crippen LogP contribution in [0.25, 0.3) is 0 Å². The molecule has 17 heavy (non-hydrogen) atoms. The number of esters is 1. The maximum atomic E-state index is 11.9. The van der Waals surface area contributed by atoms with Gasteiger partial charge in [0.05, 0.1) is 5.56 Å². The molecule has 0 saturated heterocycles. The third-order valence-corrected chi connectivity index (χ3v) is 3.70. The molecule has 2 aliphatic carbocycles. The Bertz CT molecular complexity index is 524. The molecule has 0 unspecified atom stereocenters. The highest BCUT2D eigenvalue weighted by molar-refractivity contribution is 5.89. The molecule has 4 nitrogen and oxygen atoms in total. The van der Waals surface area contributed by atoms with Crippen molar-refractivity contribution in [2.24, 2.45) is 13.0 Å². The lowest BCUT2D eigenvalue weighted by Crippen LogP contribution is -2.24. The van der Waals surface area contributed by atoms with E-state index < -0.39 is 0 Å². The first-order valence-corrected chi connectivity index (χ1v) is 6.01. The molecule has 3 rings (SSSR count). The van der Waals surface area contributed by atoms with E-state index in [0.29, 0.717) is 11.5 Å². The van der Waals surface area contributed by atoms with Crippen molar-refractivity contribution in [1.82, 2.24) is 4.57 Å². The number of hydrogen-bond acceptors (Lipinski definition) is 3. The molecule has 1 aromatic heterocycles. The standard InChI is InChI=1S/C13H15NO3/c1-14-7-4-9(8-11(14)15)12(16)17-13(5-6-13)10-2-3-10/h4,7-8,10H,2-3,5-6H2,1H3. The Morgan fingerprint density at radius 2 is 2.18 bits per heavy atom. The number of carbonyl (C=O) groups excluding carboxylic acids is 1. The first-order chi connectivity index (χ1) is 8.11. The maximum Gasteiger partial charge on any atom is 0.338 e. The third kappa shape index (κ3) is 1.88. The Kier molecular flexibility index (Phi) is 2.15. The van der Waals surface area contributed by atoms with Crippen LogP contribution in [0.5, 0.6) is 0 Å². The van der Waals surface area contributed by atoms with E-state index in [4.69, 9.17) is 4.74 Å². The monoisotopic (exact) mass is 233 g/mol. The summed E-state index contributed by atoms with van der Waals surface area (Å²) in [7, 11) is 1.66. The van der Waals surface area contributed by atoms with Gasteiger partial charge in [-0.3, -0.25) is 4.79 Å². The van der Waals surface area contributed by atoms with E-state index in [-0.39, 0.29) is 17.1 Å². The number of aromatic nitrogens is 1. The number of rotatable bonds is 3. The molecular formula is C13H15NO3. The van der Waals surface area contributed by atoms with Crippen molar-refractivity contribution in [3.05, 3.63) is 34.2 Å². The minimum absolute atomic E-state index is 0.182. The van der Waals surface area contributed by atoms with Gasteiger partial charge >= 0.3 is 5.97 Å². The average molecular weight is 233 g/mol. The van der Waals surface area contributed by atoms with Crippen molar-refractivity contribution in [2.45, 2.75) is 31.3 Å². The Labute approximate surface area is 99.2 Å². The van der Waals surface area contributed by atoms with Crippen molar-refractivity contribution in [3.63, 3.8) is 0 Å². The highest BCUT2D eigenvalue weighted by Crippen LogP contribution is 2.56. The Hall–Kier alpha value is -1.58. The molecule has 0 atom stereocenters. The van der Waals surface area contributed by atoms with Crippen LogP contribution in [-0.4, -0.2) is 16.1 Å². The van der Waals surface area contributed by atoms with Crippen molar-refractivity contribution in [2.75, 3.05) is 0 Å². The van der Waals surface area contributed by atoms with Crippen LogP contribution in [0.3, 0.4) is 0 Å². The first-order valence-electron chi connectivity index (χ1n) is 6.01. The lowest BCUT2D eigenvalue weighted by atomic mass is 10.2. The molecule has 90 valence electrons. The summed E-state index contributed by atoms with van der Waals surface area (Å²) in [6, 6.07) is 2.97. The highest BCUT2D eigenvalue weighted by Gasteiger charge is 2.57. The van der Waals surface area contributed by atoms with Crippen molar-refractivity contribution >= 4 is 5.97 Å². The smallest absolute Gasteiger partial charge is 0.338 e. The summed E-state index contributed by atoms with van der Waals surface area (Å²) >= 11 is 0. The van der Waals surface area contributed by atoms with Crippen molar-refractivity contribution in [3.8, 4) is 0 Å². The van der Waals surface area contributed by atoms with Crippen LogP contribution in [0.15, 0.2) is 23.1 Å². The summed E-state index contributed by atoms with van der Waals surface area (Å²) in [5.74, 6) is 0.213. The molecule has 0 N–H and O–H groups in total. The molecule has 2 saturated carbocycles. The Morgan fingerprint density at radius 1 is 1.47 bits per heavy atom. The van der Waals surface area contributed by atoms with Gasteiger partial charge in [-0.1, -0.05) is 0 Å². The molecule has 0 amide bonds. The number of aryl methyl sites for hydroxylation is 1. The summed E-state index contributed by atoms with van der Waals surface area (Å²) in [6.45, 7) is 0. The van der Waals surface area contributed by atoms with Crippen molar-refractivity contribution < 1.29 is 9.53 Å². The quantitative estimate of drug-likeness (QED) is 0.743. The predicted molar refractivity (Wildman–Crippen MR) is 61.8 cm³/mol. The lowest BCUT2D eigenvalue weighted by Gasteiger charge is -2.15. The summed E-state index contributed by atoms with van der Waals surface area (Å²) in [5.41, 5.74) is -0.00577. The molecule has 0 spiro atoms. The van der Waals surface area contributed by atoms with Crippen LogP contribution in [0.1, 0.15) is 36.0 Å². The molecule has 0 bridgehead atoms. The normalized spacial score (nSPS) is 21.0. The van der Waals surface area contributed by atoms with Gasteiger partial charge in [-0.15, -0.1) is 0 Å². The van der Waals surface area contributed by atoms with E-state index in [1.165, 1.54) is 23.5 Å². The second-order valence-electron chi connectivity index (χ2n) is 5.09. The predicted octanol–water partition coefficient (Wildman–Crippen LogP) is 1.48. The fraction of sp³-hybridized carbons (Fsp3) is 0.538. The third-order valence-electron chi connectivity index (χ3n) is 3.70. The average Bonchev–Trinajstić information content (AvgIpc) is 3.13. The maximum absolute atomic E-state index is 11.9. The lowest BCUT2D eigenvalue weighted by molar-refractivity contribution is 0.0160. The Balaban J connectivity index is 1.77. The van der Waals surface area contributed by atoms with E-state index >= 15 is 0 Å². The zero-order valence-electron chi connectivity index (χ0n) is 9.81. The molecule has 2 fully saturated rings. The number of hydrogen-bond donors (Lipinski definition) is 0. The number of pyridine rings is 1. The van der Waals surface area contributed by atoms with E-state index in [1.807, 2.05) is 0 Å². The molecule has 0 aromatic carbocycles. The molecule has 4 heteroatoms. The fourth-order valence-electron chi connectivity index (χ4n) is 2.25. The van der Waals surface area contributed by atoms with Crippen LogP contribution in [-0.2, 0) is 11.8 Å². The van der Waals surface area contributed by atoms with Crippen LogP contribution in [0.2, 0.25) is 0 Å². The zero-order chi connectivity index (χ0) is 12.0. The highest BCUT2D eigenvalue weighted by atomic mass is 16.6. The summed E-state index contributed by atoms with van der Waals surface area (Å²) in [5, 5.41) is 0. The van der Waals surface area contributed by atoms with Gasteiger partial charge in [-0.05, 0) is 37.7 Å². The molecule has 2 aliphatic rings. The SMILES string of the molecule is Cn1ccc(C(=O)OC2(C3CC3)CC2)cc1=O. The van der Waals surface area contributed by atoms with E-state index in [9.17, 15) is 9.59 Å². The minimum Gasteiger partial charge on any atom is -0.455 e. The topological polar surface area (TPSA) is 48.3 Å². The zero-order valence-corrected chi connectivity index (χ0v) is 9.81. The number of nitrogens with zero attached hydrogens (tertiary/aromatic N) is 1. The second-order valence-corrected chi connectivity index (χ2v) is 5.09. The van der Waals surface area contributed by atoms with Crippen LogP contribution in [0, 0.1) is 5.92 Å². The van der Waals surface area contributed by atoms with Gasteiger partial charge in [-0.2, -0.15) is 0 Å². The van der Waals surface area contributed by atoms with Gasteiger partial charge in [0.1, 0.15) is 5.60 Å². The van der Waals surface area contributed by atoms with Crippen molar-refractivity contribution in [1.29, 1.82) is 0 Å². The van der Waals surface area contributed by atoms with Crippen LogP contribution >= 0.6 is 0 Å². The summed E-state index contributed by atoms with van der Waals surface area (Å²) < 4.78 is 7.00. The van der Waals surface area contributed by atoms with Gasteiger partial charge in [0, 0.05) is 19.3 Å². The van der Waals surface area contributed by atoms with Gasteiger partial charge < -0.3 is 9.30 Å². The molecular weight excluding hydrogens is 218 g/mol. The fourth-order valence-corrected chi connectivity index (χ4v) is 2.25. The molecule has 1 aromatic rings. The van der Waals surface area contributed by atoms with E-state index in [0.717, 1.165) is 12.8 Å². The van der Waals surface area contributed by atoms with Gasteiger partial charge in [0.2, 0.25) is 0 Å². The molecule has 0 aliphatic heterocycles.